The molecule has 7 nitrogen and oxygen atoms in total. The lowest BCUT2D eigenvalue weighted by Gasteiger charge is -2.22. The van der Waals surface area contributed by atoms with Crippen LogP contribution in [0.15, 0.2) is 53.7 Å². The van der Waals surface area contributed by atoms with E-state index in [0.717, 1.165) is 0 Å². The lowest BCUT2D eigenvalue weighted by atomic mass is 10.0. The number of hydrogen-bond donors (Lipinski definition) is 3. The molecule has 0 aromatic heterocycles. The number of alkyl halides is 3. The van der Waals surface area contributed by atoms with Crippen LogP contribution in [0.4, 0.5) is 23.7 Å². The lowest BCUT2D eigenvalue weighted by molar-refractivity contribution is -0.355. The van der Waals surface area contributed by atoms with Crippen molar-refractivity contribution in [3.8, 4) is 5.75 Å². The van der Waals surface area contributed by atoms with E-state index in [1.807, 2.05) is 0 Å². The number of amides is 2. The molecule has 2 amide bonds. The number of carbonyl (C=O) groups is 1. The molecule has 0 fully saturated rings. The number of carbonyl (C=O) groups excluding carboxylic acids is 1. The Morgan fingerprint density at radius 3 is 2.62 bits per heavy atom. The summed E-state index contributed by atoms with van der Waals surface area (Å²) in [7, 11) is 1.54. The zero-order valence-corrected chi connectivity index (χ0v) is 15.3. The summed E-state index contributed by atoms with van der Waals surface area (Å²) in [4.78, 5) is 16.2. The minimum absolute atomic E-state index is 0.0330. The number of urea groups is 1. The van der Waals surface area contributed by atoms with Crippen molar-refractivity contribution >= 4 is 17.4 Å². The Bertz CT molecular complexity index is 916. The van der Waals surface area contributed by atoms with Crippen molar-refractivity contribution in [1.82, 2.24) is 5.32 Å². The topological polar surface area (TPSA) is 92.2 Å². The highest BCUT2D eigenvalue weighted by molar-refractivity contribution is 6.01. The second-order valence-electron chi connectivity index (χ2n) is 6.32. The predicted molar refractivity (Wildman–Crippen MR) is 98.5 cm³/mol. The number of anilines is 1. The molecule has 0 saturated carbocycles. The van der Waals surface area contributed by atoms with Gasteiger partial charge in [0, 0.05) is 12.2 Å². The van der Waals surface area contributed by atoms with Gasteiger partial charge in [0.2, 0.25) is 0 Å². The van der Waals surface area contributed by atoms with E-state index >= 15 is 0 Å². The average molecular weight is 409 g/mol. The number of halogens is 3. The molecule has 3 rings (SSSR count). The molecule has 2 aromatic rings. The van der Waals surface area contributed by atoms with Crippen molar-refractivity contribution in [2.75, 3.05) is 12.4 Å². The summed E-state index contributed by atoms with van der Waals surface area (Å²) in [5.41, 5.74) is 1.54. The van der Waals surface area contributed by atoms with E-state index < -0.39 is 24.4 Å². The van der Waals surface area contributed by atoms with Crippen molar-refractivity contribution in [3.05, 3.63) is 59.7 Å². The minimum atomic E-state index is -4.96. The fourth-order valence-electron chi connectivity index (χ4n) is 2.62. The summed E-state index contributed by atoms with van der Waals surface area (Å²) in [6, 6.07) is 12.7. The van der Waals surface area contributed by atoms with Crippen molar-refractivity contribution in [2.24, 2.45) is 5.16 Å². The van der Waals surface area contributed by atoms with Crippen LogP contribution in [-0.2, 0) is 11.4 Å². The highest BCUT2D eigenvalue weighted by Crippen LogP contribution is 2.38. The minimum Gasteiger partial charge on any atom is -0.497 e. The van der Waals surface area contributed by atoms with Crippen molar-refractivity contribution < 1.29 is 32.6 Å². The van der Waals surface area contributed by atoms with E-state index in [4.69, 9.17) is 4.74 Å². The van der Waals surface area contributed by atoms with E-state index in [1.165, 1.54) is 7.11 Å². The molecule has 29 heavy (non-hydrogen) atoms. The smallest absolute Gasteiger partial charge is 0.458 e. The van der Waals surface area contributed by atoms with Crippen molar-refractivity contribution in [1.29, 1.82) is 0 Å². The summed E-state index contributed by atoms with van der Waals surface area (Å²) < 4.78 is 43.5. The zero-order chi connectivity index (χ0) is 21.1. The molecular formula is C19H18F3N3O4. The lowest BCUT2D eigenvalue weighted by Crippen LogP contribution is -2.45. The van der Waals surface area contributed by atoms with Gasteiger partial charge >= 0.3 is 18.0 Å². The third kappa shape index (κ3) is 4.77. The first kappa shape index (κ1) is 20.5. The maximum atomic E-state index is 12.8. The first-order valence-corrected chi connectivity index (χ1v) is 8.52. The largest absolute Gasteiger partial charge is 0.497 e. The number of nitrogens with one attached hydrogen (secondary N) is 2. The van der Waals surface area contributed by atoms with Crippen LogP contribution in [0.5, 0.6) is 5.75 Å². The van der Waals surface area contributed by atoms with Crippen LogP contribution >= 0.6 is 0 Å². The Balaban J connectivity index is 1.58. The number of aliphatic hydroxyl groups is 1. The highest BCUT2D eigenvalue weighted by Gasteiger charge is 2.60. The van der Waals surface area contributed by atoms with E-state index in [2.05, 4.69) is 20.6 Å². The van der Waals surface area contributed by atoms with Gasteiger partial charge in [0.05, 0.1) is 19.2 Å². The molecule has 0 radical (unpaired) electrons. The number of benzene rings is 2. The molecule has 0 bridgehead atoms. The van der Waals surface area contributed by atoms with Gasteiger partial charge in [-0.15, -0.1) is 0 Å². The molecule has 0 spiro atoms. The van der Waals surface area contributed by atoms with E-state index in [0.29, 0.717) is 22.6 Å². The Kier molecular flexibility index (Phi) is 5.64. The van der Waals surface area contributed by atoms with Gasteiger partial charge in [-0.3, -0.25) is 0 Å². The molecule has 0 saturated heterocycles. The molecule has 2 aromatic carbocycles. The Morgan fingerprint density at radius 2 is 2.00 bits per heavy atom. The standard InChI is InChI=1S/C19H18F3N3O4/c1-28-15-7-5-14(6-8-15)24-17(26)23-11-12-3-2-4-13(9-12)16-10-18(27,29-25-16)19(20,21)22/h2-9,27H,10-11H2,1H3,(H2,23,24,26). The van der Waals surface area contributed by atoms with Crippen molar-refractivity contribution in [2.45, 2.75) is 24.9 Å². The Labute approximate surface area is 164 Å². The van der Waals surface area contributed by atoms with Crippen LogP contribution in [0.25, 0.3) is 0 Å². The maximum Gasteiger partial charge on any atom is 0.458 e. The van der Waals surface area contributed by atoms with Crippen LogP contribution in [0.2, 0.25) is 0 Å². The normalized spacial score (nSPS) is 18.6. The second-order valence-corrected chi connectivity index (χ2v) is 6.32. The van der Waals surface area contributed by atoms with Gasteiger partial charge in [-0.25, -0.2) is 4.79 Å². The Morgan fingerprint density at radius 1 is 1.28 bits per heavy atom. The molecule has 3 N–H and O–H groups in total. The third-order valence-electron chi connectivity index (χ3n) is 4.22. The highest BCUT2D eigenvalue weighted by atomic mass is 19.4. The van der Waals surface area contributed by atoms with Gasteiger partial charge in [-0.05, 0) is 41.5 Å². The monoisotopic (exact) mass is 409 g/mol. The molecular weight excluding hydrogens is 391 g/mol. The third-order valence-corrected chi connectivity index (χ3v) is 4.22. The van der Waals surface area contributed by atoms with Gasteiger partial charge < -0.3 is 25.3 Å². The van der Waals surface area contributed by atoms with Crippen LogP contribution in [0.3, 0.4) is 0 Å². The molecule has 154 valence electrons. The number of oxime groups is 1. The predicted octanol–water partition coefficient (Wildman–Crippen LogP) is 3.39. The van der Waals surface area contributed by atoms with Gasteiger partial charge in [-0.1, -0.05) is 23.4 Å². The number of nitrogens with zero attached hydrogens (tertiary/aromatic N) is 1. The molecule has 10 heteroatoms. The molecule has 1 heterocycles. The summed E-state index contributed by atoms with van der Waals surface area (Å²) in [6.07, 6.45) is -5.78. The van der Waals surface area contributed by atoms with Gasteiger partial charge in [-0.2, -0.15) is 13.2 Å². The first-order chi connectivity index (χ1) is 13.7. The fraction of sp³-hybridized carbons (Fsp3) is 0.263. The summed E-state index contributed by atoms with van der Waals surface area (Å²) in [6.45, 7) is 0.132. The fourth-order valence-corrected chi connectivity index (χ4v) is 2.62. The van der Waals surface area contributed by atoms with Gasteiger partial charge in [0.1, 0.15) is 5.75 Å². The summed E-state index contributed by atoms with van der Waals surface area (Å²) in [5, 5.41) is 18.2. The van der Waals surface area contributed by atoms with E-state index in [1.54, 1.807) is 48.5 Å². The quantitative estimate of drug-likeness (QED) is 0.706. The van der Waals surface area contributed by atoms with Gasteiger partial charge in [0.15, 0.2) is 0 Å². The zero-order valence-electron chi connectivity index (χ0n) is 15.3. The molecule has 0 aliphatic carbocycles. The molecule has 1 aliphatic heterocycles. The van der Waals surface area contributed by atoms with Gasteiger partial charge in [0.25, 0.3) is 0 Å². The van der Waals surface area contributed by atoms with Crippen molar-refractivity contribution in [3.63, 3.8) is 0 Å². The number of hydrogen-bond acceptors (Lipinski definition) is 5. The molecule has 1 aliphatic rings. The van der Waals surface area contributed by atoms with E-state index in [9.17, 15) is 23.1 Å². The SMILES string of the molecule is COc1ccc(NC(=O)NCc2cccc(C3=NOC(O)(C(F)(F)F)C3)c2)cc1. The summed E-state index contributed by atoms with van der Waals surface area (Å²) in [5.74, 6) is -2.67. The van der Waals surface area contributed by atoms with Crippen LogP contribution in [-0.4, -0.2) is 35.9 Å². The van der Waals surface area contributed by atoms with Crippen LogP contribution in [0.1, 0.15) is 17.5 Å². The molecule has 1 atom stereocenters. The first-order valence-electron chi connectivity index (χ1n) is 8.52. The van der Waals surface area contributed by atoms with E-state index in [-0.39, 0.29) is 12.3 Å². The maximum absolute atomic E-state index is 12.8. The second kappa shape index (κ2) is 8.00. The van der Waals surface area contributed by atoms with Crippen LogP contribution < -0.4 is 15.4 Å². The number of ether oxygens (including phenoxy) is 1. The number of rotatable bonds is 5. The van der Waals surface area contributed by atoms with Crippen LogP contribution in [0, 0.1) is 0 Å². The Hall–Kier alpha value is -3.27. The average Bonchev–Trinajstić information content (AvgIpc) is 3.11. The number of methoxy groups -OCH3 is 1. The summed E-state index contributed by atoms with van der Waals surface area (Å²) >= 11 is 0. The molecule has 1 unspecified atom stereocenters.